The summed E-state index contributed by atoms with van der Waals surface area (Å²) < 4.78 is 6.52. The van der Waals surface area contributed by atoms with E-state index in [1.165, 1.54) is 5.56 Å². The minimum Gasteiger partial charge on any atom is -0.490 e. The number of para-hydroxylation sites is 1. The van der Waals surface area contributed by atoms with E-state index in [9.17, 15) is 0 Å². The maximum Gasteiger partial charge on any atom is 0.138 e. The van der Waals surface area contributed by atoms with Gasteiger partial charge in [0.15, 0.2) is 0 Å². The molecule has 3 nitrogen and oxygen atoms in total. The van der Waals surface area contributed by atoms with Crippen molar-refractivity contribution in [1.82, 2.24) is 4.98 Å². The molecule has 2 aromatic rings. The lowest BCUT2D eigenvalue weighted by molar-refractivity contribution is 0.331. The molecule has 0 aliphatic heterocycles. The number of nitrogens with one attached hydrogen (secondary N) is 1. The number of nitrogens with zero attached hydrogens (tertiary/aromatic N) is 1. The molecule has 0 amide bonds. The van der Waals surface area contributed by atoms with Gasteiger partial charge in [-0.3, -0.25) is 4.98 Å². The summed E-state index contributed by atoms with van der Waals surface area (Å²) in [5.41, 5.74) is 2.38. The Bertz CT molecular complexity index is 517. The molecule has 0 saturated heterocycles. The van der Waals surface area contributed by atoms with Crippen molar-refractivity contribution in [1.29, 1.82) is 0 Å². The highest BCUT2D eigenvalue weighted by atomic mass is 79.9. The Morgan fingerprint density at radius 2 is 2.11 bits per heavy atom. The third kappa shape index (κ3) is 3.74. The number of pyridine rings is 1. The van der Waals surface area contributed by atoms with E-state index in [-0.39, 0.29) is 0 Å². The predicted octanol–water partition coefficient (Wildman–Crippen LogP) is 3.64. The van der Waals surface area contributed by atoms with Crippen LogP contribution in [0, 0.1) is 6.92 Å². The normalized spacial score (nSPS) is 10.1. The molecule has 1 aromatic carbocycles. The van der Waals surface area contributed by atoms with Gasteiger partial charge in [-0.15, -0.1) is 0 Å². The molecule has 1 heterocycles. The van der Waals surface area contributed by atoms with Crippen LogP contribution in [0.15, 0.2) is 47.2 Å². The Hall–Kier alpha value is -1.55. The summed E-state index contributed by atoms with van der Waals surface area (Å²) in [6.45, 7) is 3.45. The summed E-state index contributed by atoms with van der Waals surface area (Å²) in [4.78, 5) is 4.04. The molecule has 0 aliphatic rings. The molecule has 0 saturated carbocycles. The van der Waals surface area contributed by atoms with Crippen LogP contribution in [0.1, 0.15) is 5.56 Å². The third-order valence-electron chi connectivity index (χ3n) is 2.51. The van der Waals surface area contributed by atoms with Gasteiger partial charge in [-0.2, -0.15) is 0 Å². The van der Waals surface area contributed by atoms with Crippen LogP contribution in [0.4, 0.5) is 5.69 Å². The van der Waals surface area contributed by atoms with E-state index in [1.54, 1.807) is 12.4 Å². The number of rotatable bonds is 5. The second-order valence-electron chi connectivity index (χ2n) is 3.93. The van der Waals surface area contributed by atoms with E-state index in [0.29, 0.717) is 6.61 Å². The molecule has 18 heavy (non-hydrogen) atoms. The summed E-state index contributed by atoms with van der Waals surface area (Å²) in [7, 11) is 0. The molecular weight excluding hydrogens is 292 g/mol. The zero-order chi connectivity index (χ0) is 12.8. The number of ether oxygens (including phenoxy) is 1. The first-order valence-corrected chi connectivity index (χ1v) is 6.58. The number of aromatic nitrogens is 1. The maximum absolute atomic E-state index is 5.59. The number of hydrogen-bond acceptors (Lipinski definition) is 3. The third-order valence-corrected chi connectivity index (χ3v) is 2.94. The van der Waals surface area contributed by atoms with E-state index in [2.05, 4.69) is 45.3 Å². The molecule has 2 rings (SSSR count). The van der Waals surface area contributed by atoms with Gasteiger partial charge < -0.3 is 10.1 Å². The maximum atomic E-state index is 5.59. The molecule has 0 aliphatic carbocycles. The first-order chi connectivity index (χ1) is 8.75. The number of hydrogen-bond donors (Lipinski definition) is 1. The van der Waals surface area contributed by atoms with E-state index >= 15 is 0 Å². The second kappa shape index (κ2) is 6.40. The van der Waals surface area contributed by atoms with Gasteiger partial charge >= 0.3 is 0 Å². The van der Waals surface area contributed by atoms with Gasteiger partial charge in [0.1, 0.15) is 12.4 Å². The Labute approximate surface area is 115 Å². The molecule has 4 heteroatoms. The van der Waals surface area contributed by atoms with Crippen molar-refractivity contribution in [2.45, 2.75) is 6.92 Å². The largest absolute Gasteiger partial charge is 0.490 e. The van der Waals surface area contributed by atoms with Crippen molar-refractivity contribution < 1.29 is 4.74 Å². The van der Waals surface area contributed by atoms with Gasteiger partial charge in [-0.05, 0) is 40.5 Å². The highest BCUT2D eigenvalue weighted by Gasteiger charge is 1.97. The van der Waals surface area contributed by atoms with Crippen molar-refractivity contribution in [2.24, 2.45) is 0 Å². The number of halogens is 1. The Morgan fingerprint density at radius 1 is 1.28 bits per heavy atom. The number of benzene rings is 1. The standard InChI is InChI=1S/C14H15BrN2O/c1-11-4-2-3-5-14(11)17-6-7-18-13-8-12(15)9-16-10-13/h2-5,8-10,17H,6-7H2,1H3. The summed E-state index contributed by atoms with van der Waals surface area (Å²) in [6.07, 6.45) is 3.44. The molecule has 0 atom stereocenters. The molecule has 1 N–H and O–H groups in total. The zero-order valence-corrected chi connectivity index (χ0v) is 11.8. The summed E-state index contributed by atoms with van der Waals surface area (Å²) in [6, 6.07) is 10.1. The zero-order valence-electron chi connectivity index (χ0n) is 10.2. The minimum atomic E-state index is 0.604. The van der Waals surface area contributed by atoms with Crippen molar-refractivity contribution in [3.05, 3.63) is 52.8 Å². The van der Waals surface area contributed by atoms with Crippen LogP contribution in [0.2, 0.25) is 0 Å². The summed E-state index contributed by atoms with van der Waals surface area (Å²) >= 11 is 3.36. The molecule has 0 radical (unpaired) electrons. The number of aryl methyl sites for hydroxylation is 1. The van der Waals surface area contributed by atoms with Gasteiger partial charge in [0.05, 0.1) is 6.20 Å². The van der Waals surface area contributed by atoms with E-state index in [0.717, 1.165) is 22.5 Å². The molecular formula is C14H15BrN2O. The van der Waals surface area contributed by atoms with Crippen molar-refractivity contribution in [3.8, 4) is 5.75 Å². The van der Waals surface area contributed by atoms with Crippen LogP contribution >= 0.6 is 15.9 Å². The highest BCUT2D eigenvalue weighted by molar-refractivity contribution is 9.10. The first-order valence-electron chi connectivity index (χ1n) is 5.78. The Morgan fingerprint density at radius 3 is 2.89 bits per heavy atom. The van der Waals surface area contributed by atoms with Gasteiger partial charge in [-0.25, -0.2) is 0 Å². The highest BCUT2D eigenvalue weighted by Crippen LogP contribution is 2.16. The van der Waals surface area contributed by atoms with Crippen LogP contribution in [0.3, 0.4) is 0 Å². The lowest BCUT2D eigenvalue weighted by Crippen LogP contribution is -2.12. The summed E-state index contributed by atoms with van der Waals surface area (Å²) in [5.74, 6) is 0.774. The van der Waals surface area contributed by atoms with Gasteiger partial charge in [0, 0.05) is 22.9 Å². The van der Waals surface area contributed by atoms with Crippen molar-refractivity contribution >= 4 is 21.6 Å². The molecule has 0 fully saturated rings. The average molecular weight is 307 g/mol. The molecule has 94 valence electrons. The lowest BCUT2D eigenvalue weighted by Gasteiger charge is -2.10. The fourth-order valence-electron chi connectivity index (χ4n) is 1.60. The van der Waals surface area contributed by atoms with Crippen LogP contribution < -0.4 is 10.1 Å². The van der Waals surface area contributed by atoms with E-state index < -0.39 is 0 Å². The minimum absolute atomic E-state index is 0.604. The lowest BCUT2D eigenvalue weighted by atomic mass is 10.2. The van der Waals surface area contributed by atoms with Crippen molar-refractivity contribution in [3.63, 3.8) is 0 Å². The average Bonchev–Trinajstić information content (AvgIpc) is 2.37. The van der Waals surface area contributed by atoms with Crippen LogP contribution in [-0.2, 0) is 0 Å². The Balaban J connectivity index is 1.78. The van der Waals surface area contributed by atoms with E-state index in [1.807, 2.05) is 18.2 Å². The second-order valence-corrected chi connectivity index (χ2v) is 4.84. The predicted molar refractivity (Wildman–Crippen MR) is 77.1 cm³/mol. The first kappa shape index (κ1) is 12.9. The van der Waals surface area contributed by atoms with Gasteiger partial charge in [-0.1, -0.05) is 18.2 Å². The van der Waals surface area contributed by atoms with Crippen LogP contribution in [-0.4, -0.2) is 18.1 Å². The smallest absolute Gasteiger partial charge is 0.138 e. The topological polar surface area (TPSA) is 34.1 Å². The fraction of sp³-hybridized carbons (Fsp3) is 0.214. The van der Waals surface area contributed by atoms with E-state index in [4.69, 9.17) is 4.74 Å². The molecule has 0 unspecified atom stereocenters. The fourth-order valence-corrected chi connectivity index (χ4v) is 1.94. The molecule has 0 spiro atoms. The van der Waals surface area contributed by atoms with Gasteiger partial charge in [0.25, 0.3) is 0 Å². The number of anilines is 1. The molecule has 1 aromatic heterocycles. The summed E-state index contributed by atoms with van der Waals surface area (Å²) in [5, 5.41) is 3.34. The van der Waals surface area contributed by atoms with Crippen molar-refractivity contribution in [2.75, 3.05) is 18.5 Å². The van der Waals surface area contributed by atoms with Gasteiger partial charge in [0.2, 0.25) is 0 Å². The molecule has 0 bridgehead atoms. The van der Waals surface area contributed by atoms with Crippen LogP contribution in [0.25, 0.3) is 0 Å². The SMILES string of the molecule is Cc1ccccc1NCCOc1cncc(Br)c1. The monoisotopic (exact) mass is 306 g/mol. The van der Waals surface area contributed by atoms with Crippen LogP contribution in [0.5, 0.6) is 5.75 Å². The quantitative estimate of drug-likeness (QED) is 0.856. The Kier molecular flexibility index (Phi) is 4.59.